The Hall–Kier alpha value is -1.05. The van der Waals surface area contributed by atoms with Gasteiger partial charge in [-0.1, -0.05) is 19.8 Å². The standard InChI is InChI=1S/C12H22N2O2/c1-4-6-13-9-12(15)14-7-5-8-16-10-11(2)3/h1,11,13H,5-10H2,2-3H3,(H,14,15). The zero-order valence-corrected chi connectivity index (χ0v) is 10.2. The van der Waals surface area contributed by atoms with Crippen molar-refractivity contribution in [2.75, 3.05) is 32.8 Å². The molecule has 0 spiro atoms. The zero-order chi connectivity index (χ0) is 12.2. The Labute approximate surface area is 98.1 Å². The van der Waals surface area contributed by atoms with Crippen molar-refractivity contribution in [3.8, 4) is 12.3 Å². The van der Waals surface area contributed by atoms with Crippen LogP contribution in [0.5, 0.6) is 0 Å². The van der Waals surface area contributed by atoms with Crippen LogP contribution in [0.1, 0.15) is 20.3 Å². The van der Waals surface area contributed by atoms with Crippen molar-refractivity contribution in [2.45, 2.75) is 20.3 Å². The van der Waals surface area contributed by atoms with Gasteiger partial charge in [0.25, 0.3) is 0 Å². The van der Waals surface area contributed by atoms with Crippen molar-refractivity contribution in [2.24, 2.45) is 5.92 Å². The molecule has 0 saturated heterocycles. The van der Waals surface area contributed by atoms with E-state index in [1.807, 2.05) is 0 Å². The maximum absolute atomic E-state index is 11.2. The largest absolute Gasteiger partial charge is 0.381 e. The van der Waals surface area contributed by atoms with Gasteiger partial charge in [-0.15, -0.1) is 6.42 Å². The van der Waals surface area contributed by atoms with E-state index in [0.29, 0.717) is 25.6 Å². The van der Waals surface area contributed by atoms with Crippen LogP contribution in [0.15, 0.2) is 0 Å². The van der Waals surface area contributed by atoms with Crippen LogP contribution in [0.3, 0.4) is 0 Å². The summed E-state index contributed by atoms with van der Waals surface area (Å²) in [5.74, 6) is 2.94. The molecule has 0 aromatic heterocycles. The highest BCUT2D eigenvalue weighted by Crippen LogP contribution is 1.92. The lowest BCUT2D eigenvalue weighted by atomic mass is 10.2. The van der Waals surface area contributed by atoms with Gasteiger partial charge in [0.2, 0.25) is 5.91 Å². The second-order valence-electron chi connectivity index (χ2n) is 3.98. The van der Waals surface area contributed by atoms with E-state index in [4.69, 9.17) is 11.2 Å². The van der Waals surface area contributed by atoms with E-state index >= 15 is 0 Å². The SMILES string of the molecule is C#CCNCC(=O)NCCCOCC(C)C. The average molecular weight is 226 g/mol. The van der Waals surface area contributed by atoms with E-state index < -0.39 is 0 Å². The summed E-state index contributed by atoms with van der Waals surface area (Å²) in [4.78, 5) is 11.2. The van der Waals surface area contributed by atoms with E-state index in [1.165, 1.54) is 0 Å². The van der Waals surface area contributed by atoms with Crippen LogP contribution in [-0.2, 0) is 9.53 Å². The smallest absolute Gasteiger partial charge is 0.233 e. The van der Waals surface area contributed by atoms with Crippen molar-refractivity contribution >= 4 is 5.91 Å². The lowest BCUT2D eigenvalue weighted by molar-refractivity contribution is -0.120. The van der Waals surface area contributed by atoms with Crippen LogP contribution in [0.25, 0.3) is 0 Å². The monoisotopic (exact) mass is 226 g/mol. The van der Waals surface area contributed by atoms with Crippen LogP contribution < -0.4 is 10.6 Å². The molecule has 0 radical (unpaired) electrons. The highest BCUT2D eigenvalue weighted by molar-refractivity contribution is 5.77. The summed E-state index contributed by atoms with van der Waals surface area (Å²) >= 11 is 0. The van der Waals surface area contributed by atoms with Crippen molar-refractivity contribution in [1.29, 1.82) is 0 Å². The van der Waals surface area contributed by atoms with Gasteiger partial charge in [-0.3, -0.25) is 10.1 Å². The van der Waals surface area contributed by atoms with E-state index in [0.717, 1.165) is 13.0 Å². The predicted octanol–water partition coefficient (Wildman–Crippen LogP) is 0.388. The van der Waals surface area contributed by atoms with Gasteiger partial charge in [0, 0.05) is 19.8 Å². The normalized spacial score (nSPS) is 10.1. The Bertz CT molecular complexity index is 222. The summed E-state index contributed by atoms with van der Waals surface area (Å²) in [7, 11) is 0. The number of carbonyl (C=O) groups excluding carboxylic acids is 1. The Morgan fingerprint density at radius 1 is 1.50 bits per heavy atom. The fourth-order valence-corrected chi connectivity index (χ4v) is 1.03. The molecule has 0 fully saturated rings. The molecule has 16 heavy (non-hydrogen) atoms. The second kappa shape index (κ2) is 10.5. The van der Waals surface area contributed by atoms with Gasteiger partial charge in [0.05, 0.1) is 13.1 Å². The molecule has 0 rings (SSSR count). The molecule has 92 valence electrons. The third kappa shape index (κ3) is 11.0. The molecule has 0 unspecified atom stereocenters. The first-order valence-electron chi connectivity index (χ1n) is 5.65. The second-order valence-corrected chi connectivity index (χ2v) is 3.98. The lowest BCUT2D eigenvalue weighted by Gasteiger charge is -2.07. The fourth-order valence-electron chi connectivity index (χ4n) is 1.03. The summed E-state index contributed by atoms with van der Waals surface area (Å²) < 4.78 is 5.38. The highest BCUT2D eigenvalue weighted by atomic mass is 16.5. The van der Waals surface area contributed by atoms with Crippen LogP contribution in [0, 0.1) is 18.3 Å². The van der Waals surface area contributed by atoms with Crippen molar-refractivity contribution in [3.63, 3.8) is 0 Å². The quantitative estimate of drug-likeness (QED) is 0.442. The van der Waals surface area contributed by atoms with Gasteiger partial charge in [-0.25, -0.2) is 0 Å². The summed E-state index contributed by atoms with van der Waals surface area (Å²) in [6.07, 6.45) is 5.87. The van der Waals surface area contributed by atoms with E-state index in [1.54, 1.807) is 0 Å². The molecule has 0 aromatic carbocycles. The molecule has 0 atom stereocenters. The minimum Gasteiger partial charge on any atom is -0.381 e. The van der Waals surface area contributed by atoms with Crippen molar-refractivity contribution in [3.05, 3.63) is 0 Å². The maximum atomic E-state index is 11.2. The minimum atomic E-state index is -0.0286. The summed E-state index contributed by atoms with van der Waals surface area (Å²) in [6.45, 7) is 7.03. The number of nitrogens with one attached hydrogen (secondary N) is 2. The van der Waals surface area contributed by atoms with E-state index in [-0.39, 0.29) is 12.5 Å². The Morgan fingerprint density at radius 2 is 2.25 bits per heavy atom. The molecule has 4 nitrogen and oxygen atoms in total. The molecule has 0 aromatic rings. The number of carbonyl (C=O) groups is 1. The first-order chi connectivity index (χ1) is 7.66. The number of rotatable bonds is 9. The van der Waals surface area contributed by atoms with Crippen LogP contribution >= 0.6 is 0 Å². The van der Waals surface area contributed by atoms with E-state index in [2.05, 4.69) is 30.4 Å². The Morgan fingerprint density at radius 3 is 2.88 bits per heavy atom. The predicted molar refractivity (Wildman–Crippen MR) is 65.0 cm³/mol. The van der Waals surface area contributed by atoms with Crippen LogP contribution in [0.4, 0.5) is 0 Å². The van der Waals surface area contributed by atoms with Gasteiger partial charge in [-0.05, 0) is 12.3 Å². The van der Waals surface area contributed by atoms with Gasteiger partial charge >= 0.3 is 0 Å². The van der Waals surface area contributed by atoms with Gasteiger partial charge in [-0.2, -0.15) is 0 Å². The molecule has 0 aliphatic rings. The molecule has 0 aliphatic heterocycles. The lowest BCUT2D eigenvalue weighted by Crippen LogP contribution is -2.34. The average Bonchev–Trinajstić information content (AvgIpc) is 2.23. The van der Waals surface area contributed by atoms with Crippen LogP contribution in [-0.4, -0.2) is 38.8 Å². The third-order valence-corrected chi connectivity index (χ3v) is 1.75. The zero-order valence-electron chi connectivity index (χ0n) is 10.2. The molecule has 0 saturated carbocycles. The molecule has 1 amide bonds. The Kier molecular flexibility index (Phi) is 9.78. The third-order valence-electron chi connectivity index (χ3n) is 1.75. The molecular weight excluding hydrogens is 204 g/mol. The van der Waals surface area contributed by atoms with Gasteiger partial charge < -0.3 is 10.1 Å². The molecule has 4 heteroatoms. The van der Waals surface area contributed by atoms with Crippen molar-refractivity contribution < 1.29 is 9.53 Å². The number of amides is 1. The molecular formula is C12H22N2O2. The highest BCUT2D eigenvalue weighted by Gasteiger charge is 1.98. The number of hydrogen-bond donors (Lipinski definition) is 2. The number of terminal acetylenes is 1. The first kappa shape index (κ1) is 14.9. The van der Waals surface area contributed by atoms with Gasteiger partial charge in [0.1, 0.15) is 0 Å². The summed E-state index contributed by atoms with van der Waals surface area (Å²) in [5, 5.41) is 5.60. The molecule has 2 N–H and O–H groups in total. The number of ether oxygens (including phenoxy) is 1. The molecule has 0 heterocycles. The maximum Gasteiger partial charge on any atom is 0.233 e. The number of hydrogen-bond acceptors (Lipinski definition) is 3. The Balaban J connectivity index is 3.19. The summed E-state index contributed by atoms with van der Waals surface area (Å²) in [5.41, 5.74) is 0. The van der Waals surface area contributed by atoms with E-state index in [9.17, 15) is 4.79 Å². The van der Waals surface area contributed by atoms with Crippen LogP contribution in [0.2, 0.25) is 0 Å². The summed E-state index contributed by atoms with van der Waals surface area (Å²) in [6, 6.07) is 0. The van der Waals surface area contributed by atoms with Gasteiger partial charge in [0.15, 0.2) is 0 Å². The first-order valence-corrected chi connectivity index (χ1v) is 5.65. The minimum absolute atomic E-state index is 0.0286. The topological polar surface area (TPSA) is 50.4 Å². The molecule has 0 bridgehead atoms. The fraction of sp³-hybridized carbons (Fsp3) is 0.750. The molecule has 0 aliphatic carbocycles. The van der Waals surface area contributed by atoms with Crippen molar-refractivity contribution in [1.82, 2.24) is 10.6 Å².